The van der Waals surface area contributed by atoms with Crippen LogP contribution in [-0.4, -0.2) is 20.5 Å². The average Bonchev–Trinajstić information content (AvgIpc) is 3.17. The molecule has 0 fully saturated rings. The number of hydrogen-bond donors (Lipinski definition) is 0. The quantitative estimate of drug-likeness (QED) is 0.254. The first-order valence-corrected chi connectivity index (χ1v) is 11.4. The van der Waals surface area contributed by atoms with Crippen LogP contribution >= 0.6 is 11.8 Å². The van der Waals surface area contributed by atoms with Crippen LogP contribution in [0.15, 0.2) is 84.0 Å². The topological polar surface area (TPSA) is 30.7 Å². The highest BCUT2D eigenvalue weighted by Gasteiger charge is 2.15. The maximum absolute atomic E-state index is 4.57. The fourth-order valence-electron chi connectivity index (χ4n) is 3.50. The van der Waals surface area contributed by atoms with E-state index < -0.39 is 0 Å². The molecule has 1 heterocycles. The molecule has 4 aromatic rings. The van der Waals surface area contributed by atoms with Crippen molar-refractivity contribution in [2.45, 2.75) is 38.3 Å². The highest BCUT2D eigenvalue weighted by atomic mass is 32.2. The Balaban J connectivity index is 1.55. The van der Waals surface area contributed by atoms with Gasteiger partial charge in [0.15, 0.2) is 5.16 Å². The molecule has 0 N–H and O–H groups in total. The maximum Gasteiger partial charge on any atom is 0.195 e. The zero-order chi connectivity index (χ0) is 20.8. The van der Waals surface area contributed by atoms with Gasteiger partial charge in [-0.15, -0.1) is 10.2 Å². The molecular formula is C26H27N3S. The zero-order valence-electron chi connectivity index (χ0n) is 17.6. The van der Waals surface area contributed by atoms with E-state index in [-0.39, 0.29) is 0 Å². The van der Waals surface area contributed by atoms with Crippen LogP contribution in [0.1, 0.15) is 34.5 Å². The Bertz CT molecular complexity index is 1090. The minimum Gasteiger partial charge on any atom is -0.274 e. The van der Waals surface area contributed by atoms with Gasteiger partial charge in [-0.2, -0.15) is 0 Å². The summed E-state index contributed by atoms with van der Waals surface area (Å²) >= 11 is 1.79. The fourth-order valence-corrected chi connectivity index (χ4v) is 4.40. The Hall–Kier alpha value is -2.85. The van der Waals surface area contributed by atoms with Gasteiger partial charge in [-0.05, 0) is 61.1 Å². The third kappa shape index (κ3) is 5.00. The summed E-state index contributed by atoms with van der Waals surface area (Å²) < 4.78 is 2.23. The molecule has 0 radical (unpaired) electrons. The highest BCUT2D eigenvalue weighted by Crippen LogP contribution is 2.25. The lowest BCUT2D eigenvalue weighted by Gasteiger charge is -2.12. The normalized spacial score (nSPS) is 11.0. The van der Waals surface area contributed by atoms with Crippen molar-refractivity contribution < 1.29 is 0 Å². The third-order valence-corrected chi connectivity index (χ3v) is 6.35. The number of nitrogens with zero attached hydrogens (tertiary/aromatic N) is 3. The third-order valence-electron chi connectivity index (χ3n) is 5.34. The van der Waals surface area contributed by atoms with Crippen molar-refractivity contribution in [2.75, 3.05) is 5.75 Å². The summed E-state index contributed by atoms with van der Waals surface area (Å²) in [5.41, 5.74) is 6.36. The highest BCUT2D eigenvalue weighted by molar-refractivity contribution is 7.99. The average molecular weight is 414 g/mol. The van der Waals surface area contributed by atoms with E-state index in [0.29, 0.717) is 0 Å². The van der Waals surface area contributed by atoms with Gasteiger partial charge in [0.25, 0.3) is 0 Å². The van der Waals surface area contributed by atoms with E-state index in [1.807, 2.05) is 6.07 Å². The lowest BCUT2D eigenvalue weighted by Crippen LogP contribution is -2.05. The van der Waals surface area contributed by atoms with Gasteiger partial charge in [0, 0.05) is 17.9 Å². The SMILES string of the molecule is Cc1ccc(-n2c(Cc3ccccc3)nnc2SCCCc2ccccc2)cc1C. The first-order valence-electron chi connectivity index (χ1n) is 10.4. The van der Waals surface area contributed by atoms with Crippen LogP contribution in [0.5, 0.6) is 0 Å². The minimum absolute atomic E-state index is 0.769. The predicted octanol–water partition coefficient (Wildman–Crippen LogP) is 6.20. The molecule has 30 heavy (non-hydrogen) atoms. The Kier molecular flexibility index (Phi) is 6.65. The molecule has 0 atom stereocenters. The van der Waals surface area contributed by atoms with Gasteiger partial charge < -0.3 is 0 Å². The van der Waals surface area contributed by atoms with E-state index in [0.717, 1.165) is 41.7 Å². The van der Waals surface area contributed by atoms with E-state index >= 15 is 0 Å². The molecule has 0 bridgehead atoms. The van der Waals surface area contributed by atoms with Gasteiger partial charge in [0.2, 0.25) is 0 Å². The van der Waals surface area contributed by atoms with Gasteiger partial charge in [0.05, 0.1) is 0 Å². The van der Waals surface area contributed by atoms with Crippen LogP contribution in [0.2, 0.25) is 0 Å². The van der Waals surface area contributed by atoms with Gasteiger partial charge >= 0.3 is 0 Å². The van der Waals surface area contributed by atoms with E-state index in [2.05, 4.69) is 101 Å². The molecule has 152 valence electrons. The van der Waals surface area contributed by atoms with E-state index in [1.54, 1.807) is 11.8 Å². The van der Waals surface area contributed by atoms with Crippen LogP contribution in [0.4, 0.5) is 0 Å². The molecule has 0 spiro atoms. The van der Waals surface area contributed by atoms with E-state index in [1.165, 1.54) is 22.3 Å². The number of rotatable bonds is 8. The lowest BCUT2D eigenvalue weighted by molar-refractivity contribution is 0.842. The number of hydrogen-bond acceptors (Lipinski definition) is 3. The van der Waals surface area contributed by atoms with Gasteiger partial charge in [-0.1, -0.05) is 78.5 Å². The minimum atomic E-state index is 0.769. The molecule has 3 nitrogen and oxygen atoms in total. The molecule has 0 aliphatic rings. The van der Waals surface area contributed by atoms with Crippen LogP contribution in [0.3, 0.4) is 0 Å². The van der Waals surface area contributed by atoms with Crippen molar-refractivity contribution in [2.24, 2.45) is 0 Å². The largest absolute Gasteiger partial charge is 0.274 e. The number of benzene rings is 3. The van der Waals surface area contributed by atoms with Crippen LogP contribution in [0.25, 0.3) is 5.69 Å². The number of aryl methyl sites for hydroxylation is 3. The van der Waals surface area contributed by atoms with Crippen LogP contribution in [-0.2, 0) is 12.8 Å². The summed E-state index contributed by atoms with van der Waals surface area (Å²) in [7, 11) is 0. The molecule has 4 heteroatoms. The number of thioether (sulfide) groups is 1. The van der Waals surface area contributed by atoms with Crippen LogP contribution in [0, 0.1) is 13.8 Å². The number of aromatic nitrogens is 3. The molecule has 0 saturated carbocycles. The summed E-state index contributed by atoms with van der Waals surface area (Å²) in [5.74, 6) is 2.00. The van der Waals surface area contributed by atoms with Gasteiger partial charge in [0.1, 0.15) is 5.82 Å². The van der Waals surface area contributed by atoms with Gasteiger partial charge in [-0.25, -0.2) is 0 Å². The summed E-state index contributed by atoms with van der Waals surface area (Å²) in [6.45, 7) is 4.31. The van der Waals surface area contributed by atoms with Crippen molar-refractivity contribution in [3.05, 3.63) is 107 Å². The second-order valence-electron chi connectivity index (χ2n) is 7.60. The second-order valence-corrected chi connectivity index (χ2v) is 8.66. The summed E-state index contributed by atoms with van der Waals surface area (Å²) in [6.07, 6.45) is 2.97. The fraction of sp³-hybridized carbons (Fsp3) is 0.231. The Morgan fingerprint density at radius 2 is 1.47 bits per heavy atom. The Labute approximate surface area is 183 Å². The monoisotopic (exact) mass is 413 g/mol. The molecule has 0 amide bonds. The first kappa shape index (κ1) is 20.4. The molecule has 0 aliphatic heterocycles. The summed E-state index contributed by atoms with van der Waals surface area (Å²) in [5, 5.41) is 10.1. The van der Waals surface area contributed by atoms with Crippen molar-refractivity contribution in [1.29, 1.82) is 0 Å². The molecule has 1 aromatic heterocycles. The van der Waals surface area contributed by atoms with E-state index in [4.69, 9.17) is 0 Å². The maximum atomic E-state index is 4.57. The smallest absolute Gasteiger partial charge is 0.195 e. The zero-order valence-corrected chi connectivity index (χ0v) is 18.4. The van der Waals surface area contributed by atoms with Crippen molar-refractivity contribution >= 4 is 11.8 Å². The van der Waals surface area contributed by atoms with Crippen molar-refractivity contribution in [3.8, 4) is 5.69 Å². The van der Waals surface area contributed by atoms with Crippen molar-refractivity contribution in [1.82, 2.24) is 14.8 Å². The van der Waals surface area contributed by atoms with Crippen LogP contribution < -0.4 is 0 Å². The Morgan fingerprint density at radius 1 is 0.767 bits per heavy atom. The lowest BCUT2D eigenvalue weighted by atomic mass is 10.1. The molecule has 0 aliphatic carbocycles. The molecule has 3 aromatic carbocycles. The standard InChI is InChI=1S/C26H27N3S/c1-20-15-16-24(18-21(20)2)29-25(19-23-12-7-4-8-13-23)27-28-26(29)30-17-9-14-22-10-5-3-6-11-22/h3-8,10-13,15-16,18H,9,14,17,19H2,1-2H3. The molecule has 0 saturated heterocycles. The molecule has 4 rings (SSSR count). The van der Waals surface area contributed by atoms with Gasteiger partial charge in [-0.3, -0.25) is 4.57 Å². The molecular weight excluding hydrogens is 386 g/mol. The second kappa shape index (κ2) is 9.77. The summed E-state index contributed by atoms with van der Waals surface area (Å²) in [6, 6.07) is 27.7. The first-order chi connectivity index (χ1) is 14.7. The Morgan fingerprint density at radius 3 is 2.17 bits per heavy atom. The summed E-state index contributed by atoms with van der Waals surface area (Å²) in [4.78, 5) is 0. The van der Waals surface area contributed by atoms with E-state index in [9.17, 15) is 0 Å². The molecule has 0 unspecified atom stereocenters. The predicted molar refractivity (Wildman–Crippen MR) is 126 cm³/mol. The van der Waals surface area contributed by atoms with Crippen molar-refractivity contribution in [3.63, 3.8) is 0 Å².